The molecule has 2 aromatic carbocycles. The molecule has 0 saturated carbocycles. The number of fused-ring (bicyclic) bond motifs is 1. The zero-order valence-corrected chi connectivity index (χ0v) is 8.94. The number of aromatic amines is 1. The number of nitrogens with one attached hydrogen (secondary N) is 1. The van der Waals surface area contributed by atoms with Gasteiger partial charge in [-0.05, 0) is 35.7 Å². The summed E-state index contributed by atoms with van der Waals surface area (Å²) in [6, 6.07) is 14.5. The molecule has 0 atom stereocenters. The number of H-pyrrole nitrogens is 1. The fourth-order valence-corrected chi connectivity index (χ4v) is 1.90. The molecule has 1 aromatic heterocycles. The Morgan fingerprint density at radius 1 is 0.938 bits per heavy atom. The average molecular weight is 209 g/mol. The van der Waals surface area contributed by atoms with E-state index in [0.717, 1.165) is 11.0 Å². The van der Waals surface area contributed by atoms with Gasteiger partial charge in [0.05, 0.1) is 0 Å². The van der Waals surface area contributed by atoms with Crippen LogP contribution in [0.5, 0.6) is 0 Å². The molecule has 1 heterocycles. The van der Waals surface area contributed by atoms with Crippen LogP contribution in [0.25, 0.3) is 22.2 Å². The summed E-state index contributed by atoms with van der Waals surface area (Å²) in [4.78, 5) is 0. The van der Waals surface area contributed by atoms with Gasteiger partial charge >= 0.3 is 0 Å². The standard InChI is InChI=1S/C13H11N3/c1-9-4-2-3-5-11(9)10-6-7-12-13(8-10)15-16-14-12/h2-8H,1H3,(H,14,15,16). The molecule has 16 heavy (non-hydrogen) atoms. The maximum absolute atomic E-state index is 4.10. The molecule has 0 unspecified atom stereocenters. The summed E-state index contributed by atoms with van der Waals surface area (Å²) in [5, 5.41) is 10.8. The fourth-order valence-electron chi connectivity index (χ4n) is 1.90. The Balaban J connectivity index is 2.22. The molecule has 78 valence electrons. The van der Waals surface area contributed by atoms with E-state index >= 15 is 0 Å². The molecular weight excluding hydrogens is 198 g/mol. The average Bonchev–Trinajstić information content (AvgIpc) is 2.76. The number of hydrogen-bond donors (Lipinski definition) is 1. The number of benzene rings is 2. The molecule has 0 fully saturated rings. The third kappa shape index (κ3) is 1.37. The van der Waals surface area contributed by atoms with Crippen molar-refractivity contribution in [2.45, 2.75) is 6.92 Å². The predicted molar refractivity (Wildman–Crippen MR) is 64.1 cm³/mol. The van der Waals surface area contributed by atoms with E-state index in [-0.39, 0.29) is 0 Å². The maximum atomic E-state index is 4.10. The van der Waals surface area contributed by atoms with Gasteiger partial charge < -0.3 is 0 Å². The van der Waals surface area contributed by atoms with Crippen LogP contribution in [-0.2, 0) is 0 Å². The molecule has 0 aliphatic rings. The lowest BCUT2D eigenvalue weighted by Gasteiger charge is -2.04. The summed E-state index contributed by atoms with van der Waals surface area (Å²) in [6.07, 6.45) is 0. The first-order valence-electron chi connectivity index (χ1n) is 5.21. The second-order valence-electron chi connectivity index (χ2n) is 3.84. The van der Waals surface area contributed by atoms with Crippen molar-refractivity contribution in [3.8, 4) is 11.1 Å². The molecule has 0 radical (unpaired) electrons. The first-order chi connectivity index (χ1) is 7.84. The zero-order chi connectivity index (χ0) is 11.0. The first kappa shape index (κ1) is 9.09. The normalized spacial score (nSPS) is 10.8. The van der Waals surface area contributed by atoms with Crippen molar-refractivity contribution < 1.29 is 0 Å². The van der Waals surface area contributed by atoms with Crippen molar-refractivity contribution in [2.75, 3.05) is 0 Å². The van der Waals surface area contributed by atoms with Gasteiger partial charge in [0.25, 0.3) is 0 Å². The van der Waals surface area contributed by atoms with Crippen molar-refractivity contribution in [3.63, 3.8) is 0 Å². The molecule has 0 aliphatic carbocycles. The number of hydrogen-bond acceptors (Lipinski definition) is 2. The van der Waals surface area contributed by atoms with E-state index in [0.29, 0.717) is 0 Å². The van der Waals surface area contributed by atoms with E-state index in [2.05, 4.69) is 52.7 Å². The van der Waals surface area contributed by atoms with Gasteiger partial charge in [-0.15, -0.1) is 0 Å². The molecular formula is C13H11N3. The van der Waals surface area contributed by atoms with Gasteiger partial charge in [0.15, 0.2) is 0 Å². The molecule has 0 spiro atoms. The van der Waals surface area contributed by atoms with E-state index in [4.69, 9.17) is 0 Å². The van der Waals surface area contributed by atoms with Crippen LogP contribution in [0.4, 0.5) is 0 Å². The van der Waals surface area contributed by atoms with Gasteiger partial charge in [-0.1, -0.05) is 30.3 Å². The highest BCUT2D eigenvalue weighted by atomic mass is 15.3. The second-order valence-corrected chi connectivity index (χ2v) is 3.84. The van der Waals surface area contributed by atoms with Crippen molar-refractivity contribution in [1.29, 1.82) is 0 Å². The Morgan fingerprint density at radius 3 is 2.62 bits per heavy atom. The topological polar surface area (TPSA) is 41.6 Å². The van der Waals surface area contributed by atoms with Crippen LogP contribution in [0.2, 0.25) is 0 Å². The molecule has 3 nitrogen and oxygen atoms in total. The monoisotopic (exact) mass is 209 g/mol. The van der Waals surface area contributed by atoms with Crippen LogP contribution in [0.15, 0.2) is 42.5 Å². The van der Waals surface area contributed by atoms with Crippen LogP contribution in [0.1, 0.15) is 5.56 Å². The molecule has 0 saturated heterocycles. The molecule has 1 N–H and O–H groups in total. The molecule has 0 aliphatic heterocycles. The molecule has 3 rings (SSSR count). The zero-order valence-electron chi connectivity index (χ0n) is 8.94. The Bertz CT molecular complexity index is 640. The highest BCUT2D eigenvalue weighted by Crippen LogP contribution is 2.25. The van der Waals surface area contributed by atoms with E-state index in [1.807, 2.05) is 12.1 Å². The quantitative estimate of drug-likeness (QED) is 0.669. The molecule has 3 aromatic rings. The highest BCUT2D eigenvalue weighted by Gasteiger charge is 2.03. The highest BCUT2D eigenvalue weighted by molar-refractivity contribution is 5.81. The van der Waals surface area contributed by atoms with E-state index < -0.39 is 0 Å². The van der Waals surface area contributed by atoms with Crippen LogP contribution in [0, 0.1) is 6.92 Å². The minimum atomic E-state index is 0.900. The Labute approximate surface area is 93.1 Å². The fraction of sp³-hybridized carbons (Fsp3) is 0.0769. The Hall–Kier alpha value is -2.16. The van der Waals surface area contributed by atoms with Gasteiger partial charge in [0.2, 0.25) is 0 Å². The lowest BCUT2D eigenvalue weighted by Crippen LogP contribution is -1.82. The Kier molecular flexibility index (Phi) is 1.96. The summed E-state index contributed by atoms with van der Waals surface area (Å²) in [6.45, 7) is 2.11. The lowest BCUT2D eigenvalue weighted by atomic mass is 10.0. The number of aromatic nitrogens is 3. The summed E-state index contributed by atoms with van der Waals surface area (Å²) >= 11 is 0. The van der Waals surface area contributed by atoms with Crippen LogP contribution >= 0.6 is 0 Å². The number of nitrogens with zero attached hydrogens (tertiary/aromatic N) is 2. The van der Waals surface area contributed by atoms with E-state index in [9.17, 15) is 0 Å². The summed E-state index contributed by atoms with van der Waals surface area (Å²) in [7, 11) is 0. The molecule has 3 heteroatoms. The van der Waals surface area contributed by atoms with Gasteiger partial charge in [-0.25, -0.2) is 0 Å². The first-order valence-corrected chi connectivity index (χ1v) is 5.21. The van der Waals surface area contributed by atoms with Crippen molar-refractivity contribution >= 4 is 11.0 Å². The predicted octanol–water partition coefficient (Wildman–Crippen LogP) is 2.93. The van der Waals surface area contributed by atoms with Crippen LogP contribution in [-0.4, -0.2) is 15.4 Å². The van der Waals surface area contributed by atoms with E-state index in [1.54, 1.807) is 0 Å². The lowest BCUT2D eigenvalue weighted by molar-refractivity contribution is 0.959. The molecule has 0 amide bonds. The largest absolute Gasteiger partial charge is 0.197 e. The van der Waals surface area contributed by atoms with Gasteiger partial charge in [-0.2, -0.15) is 15.4 Å². The minimum absolute atomic E-state index is 0.900. The van der Waals surface area contributed by atoms with Gasteiger partial charge in [-0.3, -0.25) is 0 Å². The van der Waals surface area contributed by atoms with Gasteiger partial charge in [0, 0.05) is 0 Å². The number of rotatable bonds is 1. The summed E-state index contributed by atoms with van der Waals surface area (Å²) in [5.74, 6) is 0. The Morgan fingerprint density at radius 2 is 1.75 bits per heavy atom. The van der Waals surface area contributed by atoms with Crippen LogP contribution < -0.4 is 0 Å². The maximum Gasteiger partial charge on any atom is 0.113 e. The van der Waals surface area contributed by atoms with Gasteiger partial charge in [0.1, 0.15) is 11.0 Å². The number of aryl methyl sites for hydroxylation is 1. The summed E-state index contributed by atoms with van der Waals surface area (Å²) in [5.41, 5.74) is 5.50. The molecule has 0 bridgehead atoms. The van der Waals surface area contributed by atoms with Crippen molar-refractivity contribution in [3.05, 3.63) is 48.0 Å². The second kappa shape index (κ2) is 3.45. The minimum Gasteiger partial charge on any atom is -0.197 e. The van der Waals surface area contributed by atoms with Crippen LogP contribution in [0.3, 0.4) is 0 Å². The van der Waals surface area contributed by atoms with E-state index in [1.165, 1.54) is 16.7 Å². The smallest absolute Gasteiger partial charge is 0.113 e. The van der Waals surface area contributed by atoms with Crippen molar-refractivity contribution in [1.82, 2.24) is 15.4 Å². The third-order valence-electron chi connectivity index (χ3n) is 2.77. The van der Waals surface area contributed by atoms with Crippen molar-refractivity contribution in [2.24, 2.45) is 0 Å². The third-order valence-corrected chi connectivity index (χ3v) is 2.77. The summed E-state index contributed by atoms with van der Waals surface area (Å²) < 4.78 is 0. The SMILES string of the molecule is Cc1ccccc1-c1ccc2n[nH]nc2c1.